The van der Waals surface area contributed by atoms with E-state index in [-0.39, 0.29) is 12.5 Å². The molecule has 0 aliphatic carbocycles. The van der Waals surface area contributed by atoms with Gasteiger partial charge in [0.25, 0.3) is 5.91 Å². The molecule has 0 radical (unpaired) electrons. The Labute approximate surface area is 116 Å². The van der Waals surface area contributed by atoms with E-state index in [4.69, 9.17) is 10.8 Å². The molecule has 4 nitrogen and oxygen atoms in total. The molecule has 18 heavy (non-hydrogen) atoms. The predicted octanol–water partition coefficient (Wildman–Crippen LogP) is 2.23. The summed E-state index contributed by atoms with van der Waals surface area (Å²) in [5.41, 5.74) is 7.82. The van der Waals surface area contributed by atoms with Crippen molar-refractivity contribution in [1.29, 1.82) is 0 Å². The number of carbonyl (C=O) groups is 1. The number of unbranched alkanes of at least 4 members (excludes halogenated alkanes) is 2. The molecule has 0 fully saturated rings. The number of hydrogen-bond donors (Lipinski definition) is 3. The highest BCUT2D eigenvalue weighted by atomic mass is 79.9. The van der Waals surface area contributed by atoms with E-state index in [1.165, 1.54) is 0 Å². The van der Waals surface area contributed by atoms with Gasteiger partial charge in [0.15, 0.2) is 0 Å². The van der Waals surface area contributed by atoms with Crippen LogP contribution in [0.2, 0.25) is 0 Å². The summed E-state index contributed by atoms with van der Waals surface area (Å²) in [5, 5.41) is 11.5. The van der Waals surface area contributed by atoms with E-state index < -0.39 is 0 Å². The molecule has 0 saturated carbocycles. The van der Waals surface area contributed by atoms with Crippen LogP contribution in [0.4, 0.5) is 5.69 Å². The molecule has 1 aromatic carbocycles. The van der Waals surface area contributed by atoms with Gasteiger partial charge in [-0.2, -0.15) is 0 Å². The lowest BCUT2D eigenvalue weighted by molar-refractivity contribution is 0.0952. The fraction of sp³-hybridized carbons (Fsp3) is 0.462. The van der Waals surface area contributed by atoms with Gasteiger partial charge >= 0.3 is 0 Å². The van der Waals surface area contributed by atoms with Crippen LogP contribution in [-0.4, -0.2) is 24.2 Å². The van der Waals surface area contributed by atoms with Crippen molar-refractivity contribution in [2.24, 2.45) is 0 Å². The highest BCUT2D eigenvalue weighted by Gasteiger charge is 2.11. The van der Waals surface area contributed by atoms with Gasteiger partial charge < -0.3 is 16.2 Å². The third-order valence-electron chi connectivity index (χ3n) is 2.78. The number of halogens is 1. The van der Waals surface area contributed by atoms with Crippen LogP contribution in [0.15, 0.2) is 16.6 Å². The zero-order valence-electron chi connectivity index (χ0n) is 10.5. The second kappa shape index (κ2) is 7.38. The molecule has 100 valence electrons. The first-order valence-corrected chi connectivity index (χ1v) is 6.80. The van der Waals surface area contributed by atoms with E-state index in [9.17, 15) is 4.79 Å². The molecule has 1 rings (SSSR count). The van der Waals surface area contributed by atoms with Gasteiger partial charge in [-0.05, 0) is 43.9 Å². The van der Waals surface area contributed by atoms with Crippen LogP contribution in [0.25, 0.3) is 0 Å². The highest BCUT2D eigenvalue weighted by molar-refractivity contribution is 9.10. The number of hydrogen-bond acceptors (Lipinski definition) is 3. The van der Waals surface area contributed by atoms with E-state index in [2.05, 4.69) is 21.2 Å². The molecule has 0 aliphatic rings. The molecular formula is C13H19BrN2O2. The third kappa shape index (κ3) is 4.31. The number of rotatable bonds is 6. The Morgan fingerprint density at radius 1 is 1.39 bits per heavy atom. The van der Waals surface area contributed by atoms with Crippen molar-refractivity contribution in [2.45, 2.75) is 26.2 Å². The third-order valence-corrected chi connectivity index (χ3v) is 3.24. The topological polar surface area (TPSA) is 75.4 Å². The van der Waals surface area contributed by atoms with Crippen LogP contribution in [0.1, 0.15) is 35.2 Å². The van der Waals surface area contributed by atoms with E-state index in [1.54, 1.807) is 12.1 Å². The molecule has 5 heteroatoms. The summed E-state index contributed by atoms with van der Waals surface area (Å²) in [7, 11) is 0. The summed E-state index contributed by atoms with van der Waals surface area (Å²) in [4.78, 5) is 12.0. The van der Waals surface area contributed by atoms with Crippen LogP contribution in [0.3, 0.4) is 0 Å². The van der Waals surface area contributed by atoms with Crippen molar-refractivity contribution in [3.05, 3.63) is 27.7 Å². The molecule has 0 aromatic heterocycles. The lowest BCUT2D eigenvalue weighted by Gasteiger charge is -2.10. The molecule has 0 bridgehead atoms. The number of amides is 1. The Hall–Kier alpha value is -1.07. The summed E-state index contributed by atoms with van der Waals surface area (Å²) in [5.74, 6) is -0.107. The molecule has 0 saturated heterocycles. The van der Waals surface area contributed by atoms with E-state index in [0.717, 1.165) is 29.3 Å². The van der Waals surface area contributed by atoms with Crippen molar-refractivity contribution in [3.8, 4) is 0 Å². The first kappa shape index (κ1) is 15.0. The van der Waals surface area contributed by atoms with Crippen molar-refractivity contribution in [3.63, 3.8) is 0 Å². The second-order valence-corrected chi connectivity index (χ2v) is 5.12. The molecule has 0 heterocycles. The van der Waals surface area contributed by atoms with E-state index in [0.29, 0.717) is 17.8 Å². The largest absolute Gasteiger partial charge is 0.398 e. The van der Waals surface area contributed by atoms with Crippen molar-refractivity contribution >= 4 is 27.5 Å². The smallest absolute Gasteiger partial charge is 0.251 e. The minimum Gasteiger partial charge on any atom is -0.398 e. The lowest BCUT2D eigenvalue weighted by atomic mass is 10.1. The minimum atomic E-state index is -0.107. The number of nitrogens with two attached hydrogens (primary N) is 1. The maximum absolute atomic E-state index is 12.0. The van der Waals surface area contributed by atoms with Crippen molar-refractivity contribution < 1.29 is 9.90 Å². The number of benzene rings is 1. The molecule has 4 N–H and O–H groups in total. The van der Waals surface area contributed by atoms with E-state index in [1.807, 2.05) is 6.92 Å². The molecule has 0 atom stereocenters. The maximum atomic E-state index is 12.0. The summed E-state index contributed by atoms with van der Waals surface area (Å²) in [6.45, 7) is 2.66. The summed E-state index contributed by atoms with van der Waals surface area (Å²) >= 11 is 3.33. The minimum absolute atomic E-state index is 0.107. The van der Waals surface area contributed by atoms with Crippen LogP contribution in [0.5, 0.6) is 0 Å². The van der Waals surface area contributed by atoms with Gasteiger partial charge in [0, 0.05) is 28.9 Å². The quantitative estimate of drug-likeness (QED) is 0.557. The average Bonchev–Trinajstić information content (AvgIpc) is 2.33. The van der Waals surface area contributed by atoms with Crippen LogP contribution < -0.4 is 11.1 Å². The number of anilines is 1. The summed E-state index contributed by atoms with van der Waals surface area (Å²) < 4.78 is 0.802. The fourth-order valence-corrected chi connectivity index (χ4v) is 2.12. The van der Waals surface area contributed by atoms with Crippen molar-refractivity contribution in [2.75, 3.05) is 18.9 Å². The maximum Gasteiger partial charge on any atom is 0.251 e. The number of nitrogens with one attached hydrogen (secondary N) is 1. The Morgan fingerprint density at radius 2 is 2.11 bits per heavy atom. The fourth-order valence-electron chi connectivity index (χ4n) is 1.65. The zero-order valence-corrected chi connectivity index (χ0v) is 12.1. The van der Waals surface area contributed by atoms with Crippen LogP contribution >= 0.6 is 15.9 Å². The Bertz CT molecular complexity index is 422. The number of nitrogen functional groups attached to an aromatic ring is 1. The molecule has 0 aliphatic heterocycles. The summed E-state index contributed by atoms with van der Waals surface area (Å²) in [6.07, 6.45) is 2.56. The molecule has 0 unspecified atom stereocenters. The summed E-state index contributed by atoms with van der Waals surface area (Å²) in [6, 6.07) is 3.56. The lowest BCUT2D eigenvalue weighted by Crippen LogP contribution is -2.25. The molecule has 1 amide bonds. The first-order valence-electron chi connectivity index (χ1n) is 6.01. The number of aliphatic hydroxyl groups excluding tert-OH is 1. The van der Waals surface area contributed by atoms with Crippen LogP contribution in [-0.2, 0) is 0 Å². The second-order valence-electron chi connectivity index (χ2n) is 4.21. The number of carbonyl (C=O) groups excluding carboxylic acids is 1. The normalized spacial score (nSPS) is 10.4. The molecular weight excluding hydrogens is 296 g/mol. The number of aliphatic hydroxyl groups is 1. The van der Waals surface area contributed by atoms with Crippen LogP contribution in [0, 0.1) is 6.92 Å². The Morgan fingerprint density at radius 3 is 2.78 bits per heavy atom. The SMILES string of the molecule is Cc1c(N)cc(Br)cc1C(=O)NCCCCCO. The molecule has 0 spiro atoms. The van der Waals surface area contributed by atoms with Gasteiger partial charge in [-0.3, -0.25) is 4.79 Å². The van der Waals surface area contributed by atoms with Gasteiger partial charge in [0.2, 0.25) is 0 Å². The first-order chi connectivity index (χ1) is 8.56. The van der Waals surface area contributed by atoms with Gasteiger partial charge in [-0.25, -0.2) is 0 Å². The van der Waals surface area contributed by atoms with Crippen molar-refractivity contribution in [1.82, 2.24) is 5.32 Å². The van der Waals surface area contributed by atoms with Gasteiger partial charge in [0.05, 0.1) is 0 Å². The standard InChI is InChI=1S/C13H19BrN2O2/c1-9-11(7-10(14)8-12(9)15)13(18)16-5-3-2-4-6-17/h7-8,17H,2-6,15H2,1H3,(H,16,18). The predicted molar refractivity (Wildman–Crippen MR) is 76.6 cm³/mol. The van der Waals surface area contributed by atoms with E-state index >= 15 is 0 Å². The Balaban J connectivity index is 2.56. The van der Waals surface area contributed by atoms with Gasteiger partial charge in [-0.15, -0.1) is 0 Å². The highest BCUT2D eigenvalue weighted by Crippen LogP contribution is 2.22. The average molecular weight is 315 g/mol. The Kier molecular flexibility index (Phi) is 6.15. The van der Waals surface area contributed by atoms with Gasteiger partial charge in [0.1, 0.15) is 0 Å². The zero-order chi connectivity index (χ0) is 13.5. The van der Waals surface area contributed by atoms with Gasteiger partial charge in [-0.1, -0.05) is 15.9 Å². The monoisotopic (exact) mass is 314 g/mol. The molecule has 1 aromatic rings.